The van der Waals surface area contributed by atoms with Crippen LogP contribution in [0.25, 0.3) is 0 Å². The zero-order chi connectivity index (χ0) is 12.8. The van der Waals surface area contributed by atoms with Gasteiger partial charge in [0.25, 0.3) is 5.91 Å². The quantitative estimate of drug-likeness (QED) is 0.888. The Hall–Kier alpha value is -1.35. The lowest BCUT2D eigenvalue weighted by Gasteiger charge is -2.22. The summed E-state index contributed by atoms with van der Waals surface area (Å²) >= 11 is 0. The van der Waals surface area contributed by atoms with Crippen LogP contribution in [0.4, 0.5) is 0 Å². The van der Waals surface area contributed by atoms with Gasteiger partial charge in [-0.1, -0.05) is 12.1 Å². The van der Waals surface area contributed by atoms with Gasteiger partial charge in [-0.15, -0.1) is 0 Å². The molecule has 0 spiro atoms. The molecule has 2 rings (SSSR count). The zero-order valence-electron chi connectivity index (χ0n) is 10.9. The van der Waals surface area contributed by atoms with Gasteiger partial charge >= 0.3 is 0 Å². The number of carbonyl (C=O) groups is 1. The van der Waals surface area contributed by atoms with E-state index in [1.807, 2.05) is 25.1 Å². The van der Waals surface area contributed by atoms with E-state index >= 15 is 0 Å². The summed E-state index contributed by atoms with van der Waals surface area (Å²) in [5.74, 6) is 0.00362. The molecule has 1 atom stereocenters. The molecule has 3 heteroatoms. The first kappa shape index (κ1) is 13.1. The number of ether oxygens (including phenoxy) is 1. The van der Waals surface area contributed by atoms with E-state index in [4.69, 9.17) is 4.74 Å². The lowest BCUT2D eigenvalue weighted by molar-refractivity contribution is 0.0168. The van der Waals surface area contributed by atoms with Crippen molar-refractivity contribution in [1.29, 1.82) is 0 Å². The Kier molecular flexibility index (Phi) is 4.76. The van der Waals surface area contributed by atoms with E-state index in [0.29, 0.717) is 12.6 Å². The molecule has 98 valence electrons. The molecule has 0 bridgehead atoms. The second-order valence-corrected chi connectivity index (χ2v) is 4.75. The lowest BCUT2D eigenvalue weighted by Crippen LogP contribution is -2.23. The highest BCUT2D eigenvalue weighted by molar-refractivity contribution is 5.94. The maximum atomic E-state index is 11.7. The maximum absolute atomic E-state index is 11.7. The van der Waals surface area contributed by atoms with Gasteiger partial charge in [-0.2, -0.15) is 0 Å². The van der Waals surface area contributed by atoms with Gasteiger partial charge in [0.05, 0.1) is 6.10 Å². The smallest absolute Gasteiger partial charge is 0.251 e. The van der Waals surface area contributed by atoms with Gasteiger partial charge in [-0.05, 0) is 50.3 Å². The van der Waals surface area contributed by atoms with E-state index in [0.717, 1.165) is 25.0 Å². The van der Waals surface area contributed by atoms with E-state index in [2.05, 4.69) is 11.4 Å². The van der Waals surface area contributed by atoms with Crippen molar-refractivity contribution in [2.45, 2.75) is 38.7 Å². The number of amides is 1. The SMILES string of the molecule is CCNC(=O)c1cccc(C[C@@H]2CCCCO2)c1. The molecule has 0 aromatic heterocycles. The van der Waals surface area contributed by atoms with Crippen molar-refractivity contribution >= 4 is 5.91 Å². The van der Waals surface area contributed by atoms with Crippen LogP contribution in [0.15, 0.2) is 24.3 Å². The molecule has 3 nitrogen and oxygen atoms in total. The molecule has 0 saturated carbocycles. The predicted molar refractivity (Wildman–Crippen MR) is 71.7 cm³/mol. The topological polar surface area (TPSA) is 38.3 Å². The molecule has 0 aliphatic carbocycles. The minimum absolute atomic E-state index is 0.00362. The van der Waals surface area contributed by atoms with Gasteiger partial charge in [0.2, 0.25) is 0 Å². The second kappa shape index (κ2) is 6.55. The van der Waals surface area contributed by atoms with Crippen LogP contribution in [0.3, 0.4) is 0 Å². The highest BCUT2D eigenvalue weighted by Gasteiger charge is 2.15. The van der Waals surface area contributed by atoms with Crippen LogP contribution in [-0.2, 0) is 11.2 Å². The van der Waals surface area contributed by atoms with Crippen molar-refractivity contribution in [3.05, 3.63) is 35.4 Å². The van der Waals surface area contributed by atoms with Crippen molar-refractivity contribution in [2.75, 3.05) is 13.2 Å². The van der Waals surface area contributed by atoms with Gasteiger partial charge in [-0.25, -0.2) is 0 Å². The van der Waals surface area contributed by atoms with Crippen molar-refractivity contribution < 1.29 is 9.53 Å². The van der Waals surface area contributed by atoms with Crippen LogP contribution >= 0.6 is 0 Å². The average molecular weight is 247 g/mol. The zero-order valence-corrected chi connectivity index (χ0v) is 10.9. The third-order valence-electron chi connectivity index (χ3n) is 3.26. The fraction of sp³-hybridized carbons (Fsp3) is 0.533. The van der Waals surface area contributed by atoms with Gasteiger partial charge in [0.15, 0.2) is 0 Å². The Morgan fingerprint density at radius 3 is 3.06 bits per heavy atom. The van der Waals surface area contributed by atoms with E-state index in [1.54, 1.807) is 0 Å². The third-order valence-corrected chi connectivity index (χ3v) is 3.26. The number of nitrogens with one attached hydrogen (secondary N) is 1. The summed E-state index contributed by atoms with van der Waals surface area (Å²) in [6.07, 6.45) is 4.79. The van der Waals surface area contributed by atoms with E-state index < -0.39 is 0 Å². The number of rotatable bonds is 4. The van der Waals surface area contributed by atoms with Crippen molar-refractivity contribution in [2.24, 2.45) is 0 Å². The second-order valence-electron chi connectivity index (χ2n) is 4.75. The summed E-state index contributed by atoms with van der Waals surface area (Å²) in [7, 11) is 0. The number of benzene rings is 1. The van der Waals surface area contributed by atoms with Crippen LogP contribution in [0.1, 0.15) is 42.1 Å². The fourth-order valence-corrected chi connectivity index (χ4v) is 2.33. The summed E-state index contributed by atoms with van der Waals surface area (Å²) in [6.45, 7) is 3.47. The molecule has 1 saturated heterocycles. The first-order chi connectivity index (χ1) is 8.79. The minimum atomic E-state index is 0.00362. The molecule has 1 fully saturated rings. The van der Waals surface area contributed by atoms with E-state index in [-0.39, 0.29) is 5.91 Å². The highest BCUT2D eigenvalue weighted by Crippen LogP contribution is 2.17. The van der Waals surface area contributed by atoms with Crippen molar-refractivity contribution in [3.8, 4) is 0 Å². The normalized spacial score (nSPS) is 19.5. The van der Waals surface area contributed by atoms with Crippen LogP contribution in [-0.4, -0.2) is 25.2 Å². The molecule has 1 aromatic rings. The van der Waals surface area contributed by atoms with Crippen molar-refractivity contribution in [1.82, 2.24) is 5.32 Å². The molecule has 0 radical (unpaired) electrons. The molecular weight excluding hydrogens is 226 g/mol. The Morgan fingerprint density at radius 1 is 1.44 bits per heavy atom. The summed E-state index contributed by atoms with van der Waals surface area (Å²) in [5, 5.41) is 2.82. The maximum Gasteiger partial charge on any atom is 0.251 e. The first-order valence-electron chi connectivity index (χ1n) is 6.78. The first-order valence-corrected chi connectivity index (χ1v) is 6.78. The van der Waals surface area contributed by atoms with Gasteiger partial charge in [0, 0.05) is 18.7 Å². The Morgan fingerprint density at radius 2 is 2.33 bits per heavy atom. The van der Waals surface area contributed by atoms with Crippen LogP contribution in [0, 0.1) is 0 Å². The monoisotopic (exact) mass is 247 g/mol. The Balaban J connectivity index is 2.00. The molecule has 1 aliphatic heterocycles. The largest absolute Gasteiger partial charge is 0.378 e. The predicted octanol–water partition coefficient (Wildman–Crippen LogP) is 2.55. The molecule has 1 aromatic carbocycles. The van der Waals surface area contributed by atoms with E-state index in [9.17, 15) is 4.79 Å². The summed E-state index contributed by atoms with van der Waals surface area (Å²) < 4.78 is 5.73. The lowest BCUT2D eigenvalue weighted by atomic mass is 10.00. The summed E-state index contributed by atoms with van der Waals surface area (Å²) in [6, 6.07) is 7.85. The Labute approximate surface area is 109 Å². The number of carbonyl (C=O) groups excluding carboxylic acids is 1. The molecule has 18 heavy (non-hydrogen) atoms. The van der Waals surface area contributed by atoms with Gasteiger partial charge in [0.1, 0.15) is 0 Å². The number of hydrogen-bond acceptors (Lipinski definition) is 2. The van der Waals surface area contributed by atoms with Gasteiger partial charge < -0.3 is 10.1 Å². The van der Waals surface area contributed by atoms with Crippen LogP contribution in [0.2, 0.25) is 0 Å². The summed E-state index contributed by atoms with van der Waals surface area (Å²) in [4.78, 5) is 11.7. The molecule has 1 heterocycles. The van der Waals surface area contributed by atoms with Crippen molar-refractivity contribution in [3.63, 3.8) is 0 Å². The van der Waals surface area contributed by atoms with E-state index in [1.165, 1.54) is 18.4 Å². The Bertz CT molecular complexity index is 397. The average Bonchev–Trinajstić information content (AvgIpc) is 2.40. The van der Waals surface area contributed by atoms with Gasteiger partial charge in [-0.3, -0.25) is 4.79 Å². The molecule has 1 amide bonds. The summed E-state index contributed by atoms with van der Waals surface area (Å²) in [5.41, 5.74) is 1.93. The molecular formula is C15H21NO2. The molecule has 1 N–H and O–H groups in total. The third kappa shape index (κ3) is 3.57. The molecule has 1 aliphatic rings. The number of hydrogen-bond donors (Lipinski definition) is 1. The standard InChI is InChI=1S/C15H21NO2/c1-2-16-15(17)13-7-5-6-12(10-13)11-14-8-3-4-9-18-14/h5-7,10,14H,2-4,8-9,11H2,1H3,(H,16,17)/t14-/m0/s1. The fourth-order valence-electron chi connectivity index (χ4n) is 2.33. The molecule has 0 unspecified atom stereocenters. The van der Waals surface area contributed by atoms with Crippen LogP contribution < -0.4 is 5.32 Å². The highest BCUT2D eigenvalue weighted by atomic mass is 16.5. The minimum Gasteiger partial charge on any atom is -0.378 e. The van der Waals surface area contributed by atoms with Crippen LogP contribution in [0.5, 0.6) is 0 Å².